The monoisotopic (exact) mass is 338 g/mol. The van der Waals surface area contributed by atoms with E-state index in [2.05, 4.69) is 10.3 Å². The zero-order valence-electron chi connectivity index (χ0n) is 13.8. The molecular weight excluding hydrogens is 319 g/mol. The third kappa shape index (κ3) is 3.00. The zero-order valence-corrected chi connectivity index (χ0v) is 13.8. The van der Waals surface area contributed by atoms with Gasteiger partial charge in [-0.1, -0.05) is 18.2 Å². The molecule has 2 aromatic carbocycles. The molecule has 0 unspecified atom stereocenters. The summed E-state index contributed by atoms with van der Waals surface area (Å²) in [6.07, 6.45) is 0.952. The van der Waals surface area contributed by atoms with Crippen LogP contribution in [0.25, 0.3) is 16.7 Å². The fourth-order valence-electron chi connectivity index (χ4n) is 3.25. The number of halogens is 1. The Kier molecular flexibility index (Phi) is 4.19. The van der Waals surface area contributed by atoms with Gasteiger partial charge in [-0.25, -0.2) is 9.37 Å². The molecule has 0 bridgehead atoms. The van der Waals surface area contributed by atoms with Crippen molar-refractivity contribution in [2.24, 2.45) is 0 Å². The molecule has 2 heterocycles. The van der Waals surface area contributed by atoms with E-state index in [1.54, 1.807) is 16.7 Å². The summed E-state index contributed by atoms with van der Waals surface area (Å²) in [5, 5.41) is 3.33. The fraction of sp³-hybridized carbons (Fsp3) is 0.263. The van der Waals surface area contributed by atoms with Crippen LogP contribution >= 0.6 is 0 Å². The van der Waals surface area contributed by atoms with Crippen LogP contribution in [0.3, 0.4) is 0 Å². The summed E-state index contributed by atoms with van der Waals surface area (Å²) in [4.78, 5) is 19.9. The molecule has 0 saturated carbocycles. The highest BCUT2D eigenvalue weighted by atomic mass is 19.1. The molecule has 5 nitrogen and oxygen atoms in total. The van der Waals surface area contributed by atoms with Crippen molar-refractivity contribution < 1.29 is 4.39 Å². The minimum Gasteiger partial charge on any atom is -0.351 e. The first kappa shape index (κ1) is 15.8. The Morgan fingerprint density at radius 3 is 2.80 bits per heavy atom. The molecule has 0 atom stereocenters. The minimum absolute atomic E-state index is 0.216. The molecule has 0 amide bonds. The van der Waals surface area contributed by atoms with Gasteiger partial charge in [0.15, 0.2) is 5.82 Å². The fourth-order valence-corrected chi connectivity index (χ4v) is 3.25. The van der Waals surface area contributed by atoms with E-state index in [0.717, 1.165) is 38.1 Å². The summed E-state index contributed by atoms with van der Waals surface area (Å²) in [6, 6.07) is 13.6. The van der Waals surface area contributed by atoms with Crippen molar-refractivity contribution in [3.8, 4) is 5.69 Å². The molecule has 1 fully saturated rings. The van der Waals surface area contributed by atoms with Gasteiger partial charge in [0.25, 0.3) is 5.56 Å². The summed E-state index contributed by atoms with van der Waals surface area (Å²) in [7, 11) is 0. The Labute approximate surface area is 144 Å². The molecule has 128 valence electrons. The molecule has 4 rings (SSSR count). The average molecular weight is 338 g/mol. The van der Waals surface area contributed by atoms with Crippen molar-refractivity contribution in [3.05, 3.63) is 64.7 Å². The third-order valence-corrected chi connectivity index (χ3v) is 4.45. The molecule has 0 radical (unpaired) electrons. The number of benzene rings is 2. The van der Waals surface area contributed by atoms with E-state index in [-0.39, 0.29) is 11.4 Å². The largest absolute Gasteiger partial charge is 0.351 e. The van der Waals surface area contributed by atoms with Crippen molar-refractivity contribution in [1.29, 1.82) is 0 Å². The normalized spacial score (nSPS) is 15.3. The van der Waals surface area contributed by atoms with E-state index in [9.17, 15) is 9.18 Å². The van der Waals surface area contributed by atoms with Crippen LogP contribution in [-0.2, 0) is 0 Å². The van der Waals surface area contributed by atoms with Gasteiger partial charge in [-0.2, -0.15) is 0 Å². The van der Waals surface area contributed by atoms with Crippen molar-refractivity contribution in [3.63, 3.8) is 0 Å². The first-order valence-electron chi connectivity index (χ1n) is 8.47. The Balaban J connectivity index is 1.97. The molecule has 25 heavy (non-hydrogen) atoms. The highest BCUT2D eigenvalue weighted by molar-refractivity contribution is 5.78. The number of nitrogens with one attached hydrogen (secondary N) is 1. The standard InChI is InChI=1S/C19H19FN4O/c20-14-5-3-6-15(13-14)24-17-8-2-1-7-16(17)22-18(19(24)25)23-11-4-9-21-10-12-23/h1-3,5-8,13,21H,4,9-12H2. The molecule has 0 aliphatic carbocycles. The number of fused-ring (bicyclic) bond motifs is 1. The molecule has 1 saturated heterocycles. The zero-order chi connectivity index (χ0) is 17.2. The van der Waals surface area contributed by atoms with Crippen LogP contribution in [0.1, 0.15) is 6.42 Å². The van der Waals surface area contributed by atoms with Gasteiger partial charge in [0.05, 0.1) is 16.7 Å². The van der Waals surface area contributed by atoms with Crippen LogP contribution in [0.15, 0.2) is 53.3 Å². The number of hydrogen-bond donors (Lipinski definition) is 1. The summed E-state index contributed by atoms with van der Waals surface area (Å²) >= 11 is 0. The topological polar surface area (TPSA) is 50.2 Å². The van der Waals surface area contributed by atoms with Crippen molar-refractivity contribution >= 4 is 16.9 Å². The summed E-state index contributed by atoms with van der Waals surface area (Å²) in [5.41, 5.74) is 1.69. The first-order chi connectivity index (χ1) is 12.2. The van der Waals surface area contributed by atoms with Gasteiger partial charge in [0, 0.05) is 19.6 Å². The van der Waals surface area contributed by atoms with Gasteiger partial charge in [-0.15, -0.1) is 0 Å². The van der Waals surface area contributed by atoms with E-state index in [1.807, 2.05) is 29.2 Å². The lowest BCUT2D eigenvalue weighted by Crippen LogP contribution is -2.35. The molecular formula is C19H19FN4O. The maximum atomic E-state index is 13.7. The molecule has 1 N–H and O–H groups in total. The second kappa shape index (κ2) is 6.64. The number of aromatic nitrogens is 2. The molecule has 1 aliphatic heterocycles. The Morgan fingerprint density at radius 2 is 1.92 bits per heavy atom. The van der Waals surface area contributed by atoms with Crippen molar-refractivity contribution in [2.45, 2.75) is 6.42 Å². The predicted molar refractivity (Wildman–Crippen MR) is 97.0 cm³/mol. The van der Waals surface area contributed by atoms with Gasteiger partial charge in [0.2, 0.25) is 0 Å². The Bertz CT molecular complexity index is 961. The van der Waals surface area contributed by atoms with E-state index in [1.165, 1.54) is 12.1 Å². The Morgan fingerprint density at radius 1 is 1.04 bits per heavy atom. The number of nitrogens with zero attached hydrogens (tertiary/aromatic N) is 3. The molecule has 1 aliphatic rings. The minimum atomic E-state index is -0.370. The number of anilines is 1. The smallest absolute Gasteiger partial charge is 0.298 e. The van der Waals surface area contributed by atoms with Crippen molar-refractivity contribution in [1.82, 2.24) is 14.9 Å². The van der Waals surface area contributed by atoms with Gasteiger partial charge >= 0.3 is 0 Å². The van der Waals surface area contributed by atoms with Crippen molar-refractivity contribution in [2.75, 3.05) is 31.1 Å². The van der Waals surface area contributed by atoms with E-state index >= 15 is 0 Å². The number of rotatable bonds is 2. The van der Waals surface area contributed by atoms with E-state index in [0.29, 0.717) is 17.0 Å². The second-order valence-electron chi connectivity index (χ2n) is 6.14. The van der Waals surface area contributed by atoms with Gasteiger partial charge in [-0.05, 0) is 43.3 Å². The van der Waals surface area contributed by atoms with E-state index in [4.69, 9.17) is 0 Å². The first-order valence-corrected chi connectivity index (χ1v) is 8.47. The van der Waals surface area contributed by atoms with Crippen LogP contribution < -0.4 is 15.8 Å². The van der Waals surface area contributed by atoms with Crippen LogP contribution in [0.4, 0.5) is 10.2 Å². The maximum absolute atomic E-state index is 13.7. The maximum Gasteiger partial charge on any atom is 0.298 e. The quantitative estimate of drug-likeness (QED) is 0.779. The Hall–Kier alpha value is -2.73. The van der Waals surface area contributed by atoms with Crippen LogP contribution in [-0.4, -0.2) is 35.7 Å². The molecule has 0 spiro atoms. The lowest BCUT2D eigenvalue weighted by atomic mass is 10.2. The van der Waals surface area contributed by atoms with Crippen LogP contribution in [0, 0.1) is 5.82 Å². The highest BCUT2D eigenvalue weighted by Crippen LogP contribution is 2.19. The number of para-hydroxylation sites is 2. The highest BCUT2D eigenvalue weighted by Gasteiger charge is 2.19. The lowest BCUT2D eigenvalue weighted by Gasteiger charge is -2.22. The molecule has 3 aromatic rings. The number of hydrogen-bond acceptors (Lipinski definition) is 4. The van der Waals surface area contributed by atoms with E-state index < -0.39 is 0 Å². The second-order valence-corrected chi connectivity index (χ2v) is 6.14. The summed E-state index contributed by atoms with van der Waals surface area (Å²) in [5.74, 6) is 0.0532. The predicted octanol–water partition coefficient (Wildman–Crippen LogP) is 2.32. The van der Waals surface area contributed by atoms with Gasteiger partial charge in [-0.3, -0.25) is 9.36 Å². The third-order valence-electron chi connectivity index (χ3n) is 4.45. The SMILES string of the molecule is O=c1c(N2CCCNCC2)nc2ccccc2n1-c1cccc(F)c1. The van der Waals surface area contributed by atoms with Gasteiger partial charge in [0.1, 0.15) is 5.82 Å². The average Bonchev–Trinajstić information content (AvgIpc) is 2.90. The summed E-state index contributed by atoms with van der Waals surface area (Å²) < 4.78 is 15.3. The summed E-state index contributed by atoms with van der Waals surface area (Å²) in [6.45, 7) is 3.25. The van der Waals surface area contributed by atoms with Crippen LogP contribution in [0.5, 0.6) is 0 Å². The lowest BCUT2D eigenvalue weighted by molar-refractivity contribution is 0.626. The van der Waals surface area contributed by atoms with Crippen LogP contribution in [0.2, 0.25) is 0 Å². The van der Waals surface area contributed by atoms with Gasteiger partial charge < -0.3 is 10.2 Å². The molecule has 6 heteroatoms. The molecule has 1 aromatic heterocycles.